The number of urea groups is 1. The smallest absolute Gasteiger partial charge is 0.319 e. The molecule has 5 nitrogen and oxygen atoms in total. The van der Waals surface area contributed by atoms with Crippen molar-refractivity contribution in [3.8, 4) is 5.75 Å². The van der Waals surface area contributed by atoms with Crippen molar-refractivity contribution in [2.24, 2.45) is 0 Å². The monoisotopic (exact) mass is 305 g/mol. The van der Waals surface area contributed by atoms with Gasteiger partial charge in [0.1, 0.15) is 5.75 Å². The maximum atomic E-state index is 12.2. The summed E-state index contributed by atoms with van der Waals surface area (Å²) in [5, 5.41) is 2.83. The summed E-state index contributed by atoms with van der Waals surface area (Å²) in [7, 11) is 3.98. The van der Waals surface area contributed by atoms with Crippen LogP contribution in [0.2, 0.25) is 0 Å². The Bertz CT molecular complexity index is 511. The van der Waals surface area contributed by atoms with Crippen LogP contribution in [0.4, 0.5) is 4.79 Å². The van der Waals surface area contributed by atoms with Gasteiger partial charge in [0.15, 0.2) is 6.73 Å². The Hall–Kier alpha value is -1.75. The number of carbonyl (C=O) groups excluding carboxylic acids is 1. The van der Waals surface area contributed by atoms with Crippen molar-refractivity contribution in [3.05, 3.63) is 29.3 Å². The molecule has 2 rings (SSSR count). The maximum absolute atomic E-state index is 12.2. The van der Waals surface area contributed by atoms with Crippen LogP contribution in [0.1, 0.15) is 24.0 Å². The molecule has 1 N–H and O–H groups in total. The van der Waals surface area contributed by atoms with Crippen molar-refractivity contribution in [2.75, 3.05) is 33.9 Å². The van der Waals surface area contributed by atoms with Crippen molar-refractivity contribution in [3.63, 3.8) is 0 Å². The summed E-state index contributed by atoms with van der Waals surface area (Å²) >= 11 is 0. The largest absolute Gasteiger partial charge is 0.473 e. The van der Waals surface area contributed by atoms with Gasteiger partial charge >= 0.3 is 6.03 Å². The molecule has 0 radical (unpaired) electrons. The first kappa shape index (κ1) is 16.6. The minimum atomic E-state index is -0.0701. The van der Waals surface area contributed by atoms with Gasteiger partial charge in [-0.15, -0.1) is 0 Å². The second-order valence-electron chi connectivity index (χ2n) is 6.18. The number of ether oxygens (including phenoxy) is 1. The SMILES string of the molecule is Cc1ccc(OCNC(=O)N(C)C2CCN(C)CC2)c(C)c1. The summed E-state index contributed by atoms with van der Waals surface area (Å²) in [6, 6.07) is 6.27. The molecule has 2 amide bonds. The van der Waals surface area contributed by atoms with Gasteiger partial charge in [-0.2, -0.15) is 0 Å². The highest BCUT2D eigenvalue weighted by Crippen LogP contribution is 2.18. The number of nitrogens with zero attached hydrogens (tertiary/aromatic N) is 2. The molecule has 22 heavy (non-hydrogen) atoms. The quantitative estimate of drug-likeness (QED) is 0.869. The highest BCUT2D eigenvalue weighted by Gasteiger charge is 2.23. The molecule has 1 aromatic carbocycles. The first-order chi connectivity index (χ1) is 10.5. The zero-order valence-electron chi connectivity index (χ0n) is 14.1. The molecule has 0 aromatic heterocycles. The van der Waals surface area contributed by atoms with Crippen molar-refractivity contribution in [1.82, 2.24) is 15.1 Å². The molecule has 0 unspecified atom stereocenters. The van der Waals surface area contributed by atoms with E-state index in [0.29, 0.717) is 6.04 Å². The third-order valence-corrected chi connectivity index (χ3v) is 4.34. The van der Waals surface area contributed by atoms with E-state index < -0.39 is 0 Å². The van der Waals surface area contributed by atoms with E-state index in [0.717, 1.165) is 37.2 Å². The van der Waals surface area contributed by atoms with Gasteiger partial charge in [-0.25, -0.2) is 4.79 Å². The molecule has 1 aliphatic rings. The minimum absolute atomic E-state index is 0.0701. The molecule has 0 spiro atoms. The van der Waals surface area contributed by atoms with Crippen molar-refractivity contribution in [1.29, 1.82) is 0 Å². The standard InChI is InChI=1S/C17H27N3O2/c1-13-5-6-16(14(2)11-13)22-12-18-17(21)20(4)15-7-9-19(3)10-8-15/h5-6,11,15H,7-10,12H2,1-4H3,(H,18,21). The first-order valence-electron chi connectivity index (χ1n) is 7.86. The summed E-state index contributed by atoms with van der Waals surface area (Å²) in [6.07, 6.45) is 2.05. The van der Waals surface area contributed by atoms with Crippen LogP contribution < -0.4 is 10.1 Å². The predicted molar refractivity (Wildman–Crippen MR) is 88.2 cm³/mol. The molecule has 1 aliphatic heterocycles. The fourth-order valence-electron chi connectivity index (χ4n) is 2.81. The Balaban J connectivity index is 1.77. The zero-order chi connectivity index (χ0) is 16.1. The van der Waals surface area contributed by atoms with E-state index in [1.807, 2.05) is 26.1 Å². The van der Waals surface area contributed by atoms with Crippen molar-refractivity contribution in [2.45, 2.75) is 32.7 Å². The summed E-state index contributed by atoms with van der Waals surface area (Å²) in [5.41, 5.74) is 2.29. The molecule has 1 heterocycles. The van der Waals surface area contributed by atoms with Crippen LogP contribution in [-0.2, 0) is 0 Å². The van der Waals surface area contributed by atoms with E-state index in [2.05, 4.69) is 30.3 Å². The minimum Gasteiger partial charge on any atom is -0.473 e. The summed E-state index contributed by atoms with van der Waals surface area (Å²) < 4.78 is 5.65. The van der Waals surface area contributed by atoms with Crippen LogP contribution in [0.15, 0.2) is 18.2 Å². The molecular weight excluding hydrogens is 278 g/mol. The lowest BCUT2D eigenvalue weighted by Crippen LogP contribution is -2.48. The lowest BCUT2D eigenvalue weighted by Gasteiger charge is -2.35. The summed E-state index contributed by atoms with van der Waals surface area (Å²) in [6.45, 7) is 6.34. The van der Waals surface area contributed by atoms with E-state index in [4.69, 9.17) is 4.74 Å². The molecule has 1 fully saturated rings. The van der Waals surface area contributed by atoms with Gasteiger partial charge in [-0.3, -0.25) is 0 Å². The number of likely N-dealkylation sites (tertiary alicyclic amines) is 1. The van der Waals surface area contributed by atoms with E-state index in [-0.39, 0.29) is 12.8 Å². The highest BCUT2D eigenvalue weighted by atomic mass is 16.5. The van der Waals surface area contributed by atoms with Gasteiger partial charge in [-0.05, 0) is 58.5 Å². The second-order valence-corrected chi connectivity index (χ2v) is 6.18. The first-order valence-corrected chi connectivity index (χ1v) is 7.86. The van der Waals surface area contributed by atoms with Crippen LogP contribution in [0.3, 0.4) is 0 Å². The van der Waals surface area contributed by atoms with E-state index in [9.17, 15) is 4.79 Å². The summed E-state index contributed by atoms with van der Waals surface area (Å²) in [4.78, 5) is 16.3. The van der Waals surface area contributed by atoms with Gasteiger partial charge in [0.25, 0.3) is 0 Å². The lowest BCUT2D eigenvalue weighted by atomic mass is 10.0. The van der Waals surface area contributed by atoms with Crippen molar-refractivity contribution >= 4 is 6.03 Å². The average Bonchev–Trinajstić information content (AvgIpc) is 2.49. The maximum Gasteiger partial charge on any atom is 0.319 e. The van der Waals surface area contributed by atoms with E-state index in [1.54, 1.807) is 4.90 Å². The highest BCUT2D eigenvalue weighted by molar-refractivity contribution is 5.74. The van der Waals surface area contributed by atoms with Crippen LogP contribution >= 0.6 is 0 Å². The number of nitrogens with one attached hydrogen (secondary N) is 1. The van der Waals surface area contributed by atoms with Gasteiger partial charge in [-0.1, -0.05) is 17.7 Å². The third-order valence-electron chi connectivity index (χ3n) is 4.34. The second kappa shape index (κ2) is 7.49. The van der Waals surface area contributed by atoms with Crippen LogP contribution in [0.25, 0.3) is 0 Å². The fraction of sp³-hybridized carbons (Fsp3) is 0.588. The average molecular weight is 305 g/mol. The van der Waals surface area contributed by atoms with Crippen LogP contribution in [-0.4, -0.2) is 55.8 Å². The summed E-state index contributed by atoms with van der Waals surface area (Å²) in [5.74, 6) is 0.813. The fourth-order valence-corrected chi connectivity index (χ4v) is 2.81. The molecular formula is C17H27N3O2. The van der Waals surface area contributed by atoms with Crippen molar-refractivity contribution < 1.29 is 9.53 Å². The Morgan fingerprint density at radius 2 is 2.05 bits per heavy atom. The Morgan fingerprint density at radius 1 is 1.36 bits per heavy atom. The van der Waals surface area contributed by atoms with E-state index >= 15 is 0 Å². The Morgan fingerprint density at radius 3 is 2.68 bits per heavy atom. The topological polar surface area (TPSA) is 44.8 Å². The van der Waals surface area contributed by atoms with Gasteiger partial charge in [0, 0.05) is 13.1 Å². The molecule has 122 valence electrons. The van der Waals surface area contributed by atoms with Gasteiger partial charge < -0.3 is 19.9 Å². The predicted octanol–water partition coefficient (Wildman–Crippen LogP) is 2.38. The molecule has 0 atom stereocenters. The number of carbonyl (C=O) groups is 1. The van der Waals surface area contributed by atoms with Gasteiger partial charge in [0.05, 0.1) is 0 Å². The third kappa shape index (κ3) is 4.37. The van der Waals surface area contributed by atoms with Crippen LogP contribution in [0, 0.1) is 13.8 Å². The molecule has 5 heteroatoms. The lowest BCUT2D eigenvalue weighted by molar-refractivity contribution is 0.141. The number of hydrogen-bond acceptors (Lipinski definition) is 3. The normalized spacial score (nSPS) is 16.4. The Kier molecular flexibility index (Phi) is 5.66. The number of aryl methyl sites for hydroxylation is 2. The molecule has 1 aromatic rings. The number of hydrogen-bond donors (Lipinski definition) is 1. The van der Waals surface area contributed by atoms with Crippen LogP contribution in [0.5, 0.6) is 5.75 Å². The number of amides is 2. The Labute approximate surface area is 133 Å². The number of rotatable bonds is 4. The molecule has 1 saturated heterocycles. The number of piperidine rings is 1. The van der Waals surface area contributed by atoms with E-state index in [1.165, 1.54) is 5.56 Å². The number of benzene rings is 1. The molecule has 0 saturated carbocycles. The zero-order valence-corrected chi connectivity index (χ0v) is 14.1. The van der Waals surface area contributed by atoms with Gasteiger partial charge in [0.2, 0.25) is 0 Å². The molecule has 0 aliphatic carbocycles. The molecule has 0 bridgehead atoms.